The highest BCUT2D eigenvalue weighted by Gasteiger charge is 2.24. The minimum absolute atomic E-state index is 0.0127. The molecule has 0 fully saturated rings. The van der Waals surface area contributed by atoms with Gasteiger partial charge in [-0.25, -0.2) is 0 Å². The van der Waals surface area contributed by atoms with Gasteiger partial charge in [-0.1, -0.05) is 0 Å². The van der Waals surface area contributed by atoms with Gasteiger partial charge in [0.1, 0.15) is 0 Å². The van der Waals surface area contributed by atoms with Gasteiger partial charge in [0, 0.05) is 0 Å². The smallest absolute Gasteiger partial charge is 0.309 e. The van der Waals surface area contributed by atoms with E-state index >= 15 is 0 Å². The summed E-state index contributed by atoms with van der Waals surface area (Å²) in [5.74, 6) is -1.02. The fraction of sp³-hybridized carbons (Fsp3) is 0.833. The molecule has 0 rings (SSSR count). The number of aliphatic carboxylic acids is 1. The van der Waals surface area contributed by atoms with Crippen molar-refractivity contribution in [2.75, 3.05) is 26.7 Å². The fourth-order valence-corrected chi connectivity index (χ4v) is 0.679. The summed E-state index contributed by atoms with van der Waals surface area (Å²) in [5, 5.41) is 34.6. The third-order valence-corrected chi connectivity index (χ3v) is 1.70. The molecule has 0 aliphatic rings. The third kappa shape index (κ3) is 3.14. The van der Waals surface area contributed by atoms with Gasteiger partial charge >= 0.3 is 5.97 Å². The number of aliphatic hydroxyl groups excluding tert-OH is 3. The Morgan fingerprint density at radius 1 is 1.08 bits per heavy atom. The zero-order valence-corrected chi connectivity index (χ0v) is 6.68. The maximum atomic E-state index is 10.1. The van der Waals surface area contributed by atoms with E-state index in [1.807, 2.05) is 0 Å². The number of aliphatic hydroxyl groups is 3. The molecule has 0 heterocycles. The van der Waals surface area contributed by atoms with Crippen molar-refractivity contribution < 1.29 is 29.7 Å². The van der Waals surface area contributed by atoms with Crippen LogP contribution >= 0.6 is 0 Å². The molecule has 0 radical (unpaired) electrons. The van der Waals surface area contributed by atoms with Crippen LogP contribution in [0.1, 0.15) is 6.42 Å². The highest BCUT2D eigenvalue weighted by atomic mass is 16.4. The van der Waals surface area contributed by atoms with E-state index in [2.05, 4.69) is 0 Å². The molecule has 0 aromatic carbocycles. The Balaban J connectivity index is 4.01. The van der Waals surface area contributed by atoms with Crippen LogP contribution < -0.4 is 0 Å². The molecular weight excluding hydrogens is 166 g/mol. The summed E-state index contributed by atoms with van der Waals surface area (Å²) in [5.41, 5.74) is 0. The molecule has 0 saturated carbocycles. The van der Waals surface area contributed by atoms with Crippen LogP contribution in [-0.2, 0) is 4.79 Å². The average molecular weight is 180 g/mol. The van der Waals surface area contributed by atoms with Crippen molar-refractivity contribution in [2.24, 2.45) is 0 Å². The van der Waals surface area contributed by atoms with Crippen molar-refractivity contribution in [3.8, 4) is 0 Å². The molecule has 0 atom stereocenters. The quantitative estimate of drug-likeness (QED) is 0.283. The summed E-state index contributed by atoms with van der Waals surface area (Å²) in [6, 6.07) is 0. The topological polar surface area (TPSA) is 98.0 Å². The predicted octanol–water partition coefficient (Wildman–Crippen LogP) is -1.87. The number of carboxylic acid groups (broad SMARTS) is 1. The van der Waals surface area contributed by atoms with E-state index in [1.54, 1.807) is 0 Å². The number of carboxylic acids is 1. The van der Waals surface area contributed by atoms with Crippen molar-refractivity contribution in [1.82, 2.24) is 0 Å². The third-order valence-electron chi connectivity index (χ3n) is 1.70. The molecule has 0 bridgehead atoms. The van der Waals surface area contributed by atoms with Gasteiger partial charge in [0.2, 0.25) is 0 Å². The molecule has 4 N–H and O–H groups in total. The monoisotopic (exact) mass is 180 g/mol. The maximum Gasteiger partial charge on any atom is 0.309 e. The van der Waals surface area contributed by atoms with Crippen LogP contribution in [0.4, 0.5) is 0 Å². The standard InChI is InChI=1S/C6H13NO5/c8-3-7(4-9,5-10)2-1-6(11)12/h8-10H,1-5H2/p+1. The second-order valence-electron chi connectivity index (χ2n) is 2.63. The molecule has 0 spiro atoms. The number of carbonyl (C=O) groups is 1. The molecule has 0 aromatic heterocycles. The first-order chi connectivity index (χ1) is 5.60. The number of nitrogens with zero attached hydrogens (tertiary/aromatic N) is 1. The van der Waals surface area contributed by atoms with Crippen LogP contribution in [0.25, 0.3) is 0 Å². The van der Waals surface area contributed by atoms with E-state index in [0.717, 1.165) is 0 Å². The molecule has 0 unspecified atom stereocenters. The molecule has 6 heteroatoms. The van der Waals surface area contributed by atoms with Crippen LogP contribution in [0, 0.1) is 0 Å². The van der Waals surface area contributed by atoms with Gasteiger partial charge in [0.15, 0.2) is 20.2 Å². The molecule has 72 valence electrons. The van der Waals surface area contributed by atoms with Gasteiger partial charge in [-0.3, -0.25) is 9.28 Å². The molecule has 0 amide bonds. The number of rotatable bonds is 6. The number of hydrogen-bond acceptors (Lipinski definition) is 4. The summed E-state index contributed by atoms with van der Waals surface area (Å²) in [7, 11) is 0. The zero-order valence-electron chi connectivity index (χ0n) is 6.68. The summed E-state index contributed by atoms with van der Waals surface area (Å²) in [6.45, 7) is -1.40. The summed E-state index contributed by atoms with van der Waals surface area (Å²) >= 11 is 0. The van der Waals surface area contributed by atoms with Gasteiger partial charge in [-0.15, -0.1) is 0 Å². The van der Waals surface area contributed by atoms with E-state index in [9.17, 15) is 4.79 Å². The first-order valence-electron chi connectivity index (χ1n) is 3.49. The van der Waals surface area contributed by atoms with Crippen LogP contribution in [0.5, 0.6) is 0 Å². The normalized spacial score (nSPS) is 11.6. The summed E-state index contributed by atoms with van der Waals surface area (Å²) in [6.07, 6.45) is -0.193. The predicted molar refractivity (Wildman–Crippen MR) is 38.6 cm³/mol. The molecule has 0 aliphatic carbocycles. The van der Waals surface area contributed by atoms with E-state index in [-0.39, 0.29) is 13.0 Å². The van der Waals surface area contributed by atoms with Gasteiger partial charge < -0.3 is 20.4 Å². The second kappa shape index (κ2) is 5.04. The van der Waals surface area contributed by atoms with E-state index in [0.29, 0.717) is 0 Å². The van der Waals surface area contributed by atoms with E-state index in [4.69, 9.17) is 20.4 Å². The van der Waals surface area contributed by atoms with Crippen molar-refractivity contribution >= 4 is 5.97 Å². The first-order valence-corrected chi connectivity index (χ1v) is 3.49. The number of hydrogen-bond donors (Lipinski definition) is 4. The van der Waals surface area contributed by atoms with Crippen LogP contribution in [0.2, 0.25) is 0 Å². The lowest BCUT2D eigenvalue weighted by molar-refractivity contribution is -0.976. The largest absolute Gasteiger partial charge is 0.481 e. The Morgan fingerprint density at radius 3 is 1.75 bits per heavy atom. The maximum absolute atomic E-state index is 10.1. The lowest BCUT2D eigenvalue weighted by Gasteiger charge is -2.31. The highest BCUT2D eigenvalue weighted by Crippen LogP contribution is 2.03. The minimum Gasteiger partial charge on any atom is -0.481 e. The van der Waals surface area contributed by atoms with Crippen LogP contribution in [-0.4, -0.2) is 57.6 Å². The molecule has 0 saturated heterocycles. The molecule has 12 heavy (non-hydrogen) atoms. The lowest BCUT2D eigenvalue weighted by atomic mass is 10.3. The lowest BCUT2D eigenvalue weighted by Crippen LogP contribution is -2.51. The Hall–Kier alpha value is -0.690. The summed E-state index contributed by atoms with van der Waals surface area (Å²) in [4.78, 5) is 10.1. The van der Waals surface area contributed by atoms with Crippen molar-refractivity contribution in [3.05, 3.63) is 0 Å². The minimum atomic E-state index is -1.02. The van der Waals surface area contributed by atoms with E-state index < -0.39 is 30.6 Å². The van der Waals surface area contributed by atoms with Crippen LogP contribution in [0.3, 0.4) is 0 Å². The number of quaternary nitrogens is 1. The zero-order chi connectivity index (χ0) is 9.61. The van der Waals surface area contributed by atoms with Crippen molar-refractivity contribution in [3.63, 3.8) is 0 Å². The first kappa shape index (κ1) is 11.3. The SMILES string of the molecule is O=C(O)CC[N+](CO)(CO)CO. The Morgan fingerprint density at radius 2 is 1.50 bits per heavy atom. The summed E-state index contributed by atoms with van der Waals surface area (Å²) < 4.78 is -0.410. The Bertz CT molecular complexity index is 137. The highest BCUT2D eigenvalue weighted by molar-refractivity contribution is 5.66. The fourth-order valence-electron chi connectivity index (χ4n) is 0.679. The van der Waals surface area contributed by atoms with Gasteiger partial charge in [0.25, 0.3) is 0 Å². The van der Waals surface area contributed by atoms with Gasteiger partial charge in [0.05, 0.1) is 13.0 Å². The second-order valence-corrected chi connectivity index (χ2v) is 2.63. The Kier molecular flexibility index (Phi) is 4.75. The van der Waals surface area contributed by atoms with Crippen molar-refractivity contribution in [1.29, 1.82) is 0 Å². The molecule has 0 aromatic rings. The van der Waals surface area contributed by atoms with Crippen LogP contribution in [0.15, 0.2) is 0 Å². The molecule has 6 nitrogen and oxygen atoms in total. The molecular formula is C6H14NO5+. The van der Waals surface area contributed by atoms with E-state index in [1.165, 1.54) is 0 Å². The van der Waals surface area contributed by atoms with Gasteiger partial charge in [-0.05, 0) is 0 Å². The average Bonchev–Trinajstić information content (AvgIpc) is 2.08. The van der Waals surface area contributed by atoms with Crippen molar-refractivity contribution in [2.45, 2.75) is 6.42 Å². The molecule has 0 aliphatic heterocycles. The Labute approximate surface area is 69.9 Å². The van der Waals surface area contributed by atoms with Gasteiger partial charge in [-0.2, -0.15) is 0 Å².